The first-order valence-corrected chi connectivity index (χ1v) is 5.65. The van der Waals surface area contributed by atoms with Crippen LogP contribution >= 0.6 is 0 Å². The molecule has 1 saturated heterocycles. The van der Waals surface area contributed by atoms with Crippen LogP contribution in [-0.2, 0) is 4.74 Å². The van der Waals surface area contributed by atoms with Crippen molar-refractivity contribution in [2.75, 3.05) is 7.11 Å². The van der Waals surface area contributed by atoms with Crippen molar-refractivity contribution in [3.05, 3.63) is 29.6 Å². The molecule has 1 aliphatic rings. The van der Waals surface area contributed by atoms with E-state index in [2.05, 4.69) is 0 Å². The average Bonchev–Trinajstić information content (AvgIpc) is 2.75. The van der Waals surface area contributed by atoms with Gasteiger partial charge in [-0.25, -0.2) is 4.39 Å². The fraction of sp³-hybridized carbons (Fsp3) is 0.462. The first kappa shape index (κ1) is 12.0. The molecule has 0 aliphatic carbocycles. The number of rotatable bonds is 3. The Morgan fingerprint density at radius 3 is 2.82 bits per heavy atom. The van der Waals surface area contributed by atoms with Crippen LogP contribution in [0.2, 0.25) is 0 Å². The lowest BCUT2D eigenvalue weighted by molar-refractivity contribution is 0.0429. The van der Waals surface area contributed by atoms with Gasteiger partial charge in [0.2, 0.25) is 0 Å². The third kappa shape index (κ3) is 2.31. The van der Waals surface area contributed by atoms with Gasteiger partial charge in [-0.1, -0.05) is 6.07 Å². The van der Waals surface area contributed by atoms with E-state index >= 15 is 0 Å². The van der Waals surface area contributed by atoms with E-state index in [0.717, 1.165) is 6.42 Å². The third-order valence-electron chi connectivity index (χ3n) is 2.97. The number of carbonyl (C=O) groups is 1. The van der Waals surface area contributed by atoms with Crippen LogP contribution in [0.4, 0.5) is 4.39 Å². The average molecular weight is 238 g/mol. The molecule has 2 atom stereocenters. The van der Waals surface area contributed by atoms with Gasteiger partial charge < -0.3 is 9.47 Å². The zero-order chi connectivity index (χ0) is 12.4. The van der Waals surface area contributed by atoms with E-state index in [9.17, 15) is 9.18 Å². The van der Waals surface area contributed by atoms with Crippen LogP contribution in [0.5, 0.6) is 5.75 Å². The smallest absolute Gasteiger partial charge is 0.194 e. The summed E-state index contributed by atoms with van der Waals surface area (Å²) in [6, 6.07) is 4.56. The molecule has 0 bridgehead atoms. The molecule has 17 heavy (non-hydrogen) atoms. The molecule has 2 unspecified atom stereocenters. The molecule has 3 nitrogen and oxygen atoms in total. The maximum absolute atomic E-state index is 13.9. The molecule has 1 aromatic rings. The van der Waals surface area contributed by atoms with Crippen LogP contribution in [0.25, 0.3) is 0 Å². The zero-order valence-corrected chi connectivity index (χ0v) is 9.90. The highest BCUT2D eigenvalue weighted by Gasteiger charge is 2.30. The molecule has 0 spiro atoms. The number of ketones is 1. The second-order valence-electron chi connectivity index (χ2n) is 4.20. The maximum atomic E-state index is 13.9. The van der Waals surface area contributed by atoms with E-state index in [1.165, 1.54) is 19.2 Å². The van der Waals surface area contributed by atoms with Crippen molar-refractivity contribution in [2.24, 2.45) is 0 Å². The number of halogens is 1. The van der Waals surface area contributed by atoms with Crippen molar-refractivity contribution in [2.45, 2.75) is 32.0 Å². The minimum atomic E-state index is -0.608. The van der Waals surface area contributed by atoms with Gasteiger partial charge in [0.15, 0.2) is 17.3 Å². The fourth-order valence-corrected chi connectivity index (χ4v) is 2.03. The number of ether oxygens (including phenoxy) is 2. The minimum Gasteiger partial charge on any atom is -0.494 e. The molecule has 1 aromatic carbocycles. The van der Waals surface area contributed by atoms with Crippen molar-refractivity contribution < 1.29 is 18.7 Å². The molecule has 0 amide bonds. The summed E-state index contributed by atoms with van der Waals surface area (Å²) >= 11 is 0. The number of Topliss-reactive ketones (excluding diaryl/α,β-unsaturated/α-hetero) is 1. The van der Waals surface area contributed by atoms with Crippen molar-refractivity contribution in [1.82, 2.24) is 0 Å². The first-order valence-electron chi connectivity index (χ1n) is 5.65. The second-order valence-corrected chi connectivity index (χ2v) is 4.20. The summed E-state index contributed by atoms with van der Waals surface area (Å²) in [5, 5.41) is 0. The predicted octanol–water partition coefficient (Wildman–Crippen LogP) is 2.58. The largest absolute Gasteiger partial charge is 0.494 e. The summed E-state index contributed by atoms with van der Waals surface area (Å²) in [7, 11) is 1.38. The number of hydrogen-bond donors (Lipinski definition) is 0. The molecular weight excluding hydrogens is 223 g/mol. The topological polar surface area (TPSA) is 35.5 Å². The summed E-state index contributed by atoms with van der Waals surface area (Å²) in [6.07, 6.45) is 1.03. The highest BCUT2D eigenvalue weighted by Crippen LogP contribution is 2.26. The summed E-state index contributed by atoms with van der Waals surface area (Å²) in [6.45, 7) is 1.91. The van der Waals surface area contributed by atoms with Crippen molar-refractivity contribution in [3.8, 4) is 5.75 Å². The van der Waals surface area contributed by atoms with Crippen LogP contribution < -0.4 is 4.74 Å². The molecular formula is C13H15FO3. The van der Waals surface area contributed by atoms with E-state index in [4.69, 9.17) is 9.47 Å². The second kappa shape index (κ2) is 4.84. The van der Waals surface area contributed by atoms with E-state index in [-0.39, 0.29) is 23.2 Å². The molecule has 1 fully saturated rings. The quantitative estimate of drug-likeness (QED) is 0.759. The molecule has 2 rings (SSSR count). The van der Waals surface area contributed by atoms with Crippen LogP contribution in [0, 0.1) is 5.82 Å². The summed E-state index contributed by atoms with van der Waals surface area (Å²) in [5.74, 6) is -0.823. The lowest BCUT2D eigenvalue weighted by Crippen LogP contribution is -2.22. The van der Waals surface area contributed by atoms with E-state index in [1.54, 1.807) is 6.07 Å². The Bertz CT molecular complexity index is 431. The molecule has 0 N–H and O–H groups in total. The fourth-order valence-electron chi connectivity index (χ4n) is 2.03. The third-order valence-corrected chi connectivity index (χ3v) is 2.97. The van der Waals surface area contributed by atoms with E-state index in [1.807, 2.05) is 6.92 Å². The first-order chi connectivity index (χ1) is 8.13. The Morgan fingerprint density at radius 2 is 2.24 bits per heavy atom. The Kier molecular flexibility index (Phi) is 3.43. The van der Waals surface area contributed by atoms with Gasteiger partial charge in [-0.2, -0.15) is 0 Å². The van der Waals surface area contributed by atoms with Crippen LogP contribution in [0.1, 0.15) is 30.1 Å². The van der Waals surface area contributed by atoms with Crippen molar-refractivity contribution in [3.63, 3.8) is 0 Å². The highest BCUT2D eigenvalue weighted by molar-refractivity contribution is 6.00. The van der Waals surface area contributed by atoms with Crippen molar-refractivity contribution >= 4 is 5.78 Å². The van der Waals surface area contributed by atoms with Gasteiger partial charge in [0.1, 0.15) is 6.10 Å². The van der Waals surface area contributed by atoms with Gasteiger partial charge in [0, 0.05) is 0 Å². The van der Waals surface area contributed by atoms with Crippen LogP contribution in [-0.4, -0.2) is 25.1 Å². The summed E-state index contributed by atoms with van der Waals surface area (Å²) in [5.41, 5.74) is 0.0449. The van der Waals surface area contributed by atoms with Crippen LogP contribution in [0.3, 0.4) is 0 Å². The molecule has 4 heteroatoms. The number of benzene rings is 1. The standard InChI is InChI=1S/C13H15FO3/c1-8-6-7-11(17-8)13(15)9-4-3-5-10(16-2)12(9)14/h3-5,8,11H,6-7H2,1-2H3. The van der Waals surface area contributed by atoms with E-state index < -0.39 is 11.9 Å². The van der Waals surface area contributed by atoms with E-state index in [0.29, 0.717) is 6.42 Å². The molecule has 92 valence electrons. The Morgan fingerprint density at radius 1 is 1.47 bits per heavy atom. The maximum Gasteiger partial charge on any atom is 0.194 e. The Labute approximate surface area is 99.5 Å². The summed E-state index contributed by atoms with van der Waals surface area (Å²) < 4.78 is 24.2. The predicted molar refractivity (Wildman–Crippen MR) is 60.9 cm³/mol. The van der Waals surface area contributed by atoms with Gasteiger partial charge >= 0.3 is 0 Å². The Balaban J connectivity index is 2.25. The lowest BCUT2D eigenvalue weighted by Gasteiger charge is -2.11. The van der Waals surface area contributed by atoms with Gasteiger partial charge in [-0.05, 0) is 31.9 Å². The highest BCUT2D eigenvalue weighted by atomic mass is 19.1. The monoisotopic (exact) mass is 238 g/mol. The van der Waals surface area contributed by atoms with Crippen LogP contribution in [0.15, 0.2) is 18.2 Å². The normalized spacial score (nSPS) is 23.7. The molecule has 1 aliphatic heterocycles. The number of methoxy groups -OCH3 is 1. The van der Waals surface area contributed by atoms with Gasteiger partial charge in [-0.3, -0.25) is 4.79 Å². The molecule has 0 aromatic heterocycles. The van der Waals surface area contributed by atoms with Gasteiger partial charge in [-0.15, -0.1) is 0 Å². The lowest BCUT2D eigenvalue weighted by atomic mass is 10.0. The molecule has 1 heterocycles. The number of hydrogen-bond acceptors (Lipinski definition) is 3. The summed E-state index contributed by atoms with van der Waals surface area (Å²) in [4.78, 5) is 12.1. The number of carbonyl (C=O) groups excluding carboxylic acids is 1. The Hall–Kier alpha value is -1.42. The minimum absolute atomic E-state index is 0.0449. The van der Waals surface area contributed by atoms with Gasteiger partial charge in [0.25, 0.3) is 0 Å². The molecule has 0 radical (unpaired) electrons. The SMILES string of the molecule is COc1cccc(C(=O)C2CCC(C)O2)c1F. The van der Waals surface area contributed by atoms with Gasteiger partial charge in [0.05, 0.1) is 18.8 Å². The zero-order valence-electron chi connectivity index (χ0n) is 9.90. The van der Waals surface area contributed by atoms with Crippen molar-refractivity contribution in [1.29, 1.82) is 0 Å². The molecule has 0 saturated carbocycles.